The molecule has 0 unspecified atom stereocenters. The number of rotatable bonds is 1. The van der Waals surface area contributed by atoms with E-state index in [2.05, 4.69) is 137 Å². The highest BCUT2D eigenvalue weighted by Crippen LogP contribution is 2.40. The Morgan fingerprint density at radius 1 is 0.475 bits per heavy atom. The van der Waals surface area contributed by atoms with Gasteiger partial charge in [0.1, 0.15) is 11.5 Å². The van der Waals surface area contributed by atoms with Crippen LogP contribution in [0.15, 0.2) is 127 Å². The summed E-state index contributed by atoms with van der Waals surface area (Å²) in [6, 6.07) is 46.1. The summed E-state index contributed by atoms with van der Waals surface area (Å²) in [6.45, 7) is 0.0960. The predicted molar refractivity (Wildman–Crippen MR) is 166 cm³/mol. The molecule has 0 bridgehead atoms. The maximum absolute atomic E-state index is 6.82. The van der Waals surface area contributed by atoms with Gasteiger partial charge in [0, 0.05) is 39.0 Å². The number of hydrogen-bond acceptors (Lipinski definition) is 1. The zero-order valence-electron chi connectivity index (χ0n) is 21.5. The van der Waals surface area contributed by atoms with Crippen molar-refractivity contribution in [1.29, 1.82) is 0 Å². The normalized spacial score (nSPS) is 13.2. The van der Waals surface area contributed by atoms with E-state index in [4.69, 9.17) is 4.74 Å². The van der Waals surface area contributed by atoms with Gasteiger partial charge in [-0.05, 0) is 58.9 Å². The van der Waals surface area contributed by atoms with Crippen molar-refractivity contribution in [2.24, 2.45) is 0 Å². The summed E-state index contributed by atoms with van der Waals surface area (Å²) in [5.41, 5.74) is 11.1. The highest BCUT2D eigenvalue weighted by molar-refractivity contribution is 6.99. The second-order valence-corrected chi connectivity index (χ2v) is 10.9. The molecule has 8 aromatic rings. The van der Waals surface area contributed by atoms with Crippen molar-refractivity contribution in [1.82, 2.24) is 9.13 Å². The fourth-order valence-electron chi connectivity index (χ4n) is 7.40. The second kappa shape index (κ2) is 7.25. The first kappa shape index (κ1) is 20.7. The van der Waals surface area contributed by atoms with Crippen LogP contribution in [0.2, 0.25) is 0 Å². The number of fused-ring (bicyclic) bond motifs is 11. The number of aromatic nitrogens is 2. The zero-order chi connectivity index (χ0) is 25.9. The fourth-order valence-corrected chi connectivity index (χ4v) is 7.40. The van der Waals surface area contributed by atoms with Gasteiger partial charge < -0.3 is 13.9 Å². The van der Waals surface area contributed by atoms with Crippen LogP contribution in [-0.2, 0) is 0 Å². The second-order valence-electron chi connectivity index (χ2n) is 10.9. The quantitative estimate of drug-likeness (QED) is 0.223. The van der Waals surface area contributed by atoms with Crippen LogP contribution in [-0.4, -0.2) is 15.8 Å². The van der Waals surface area contributed by atoms with Crippen LogP contribution in [0.3, 0.4) is 0 Å². The van der Waals surface area contributed by atoms with Gasteiger partial charge in [0.2, 0.25) is 0 Å². The van der Waals surface area contributed by atoms with E-state index < -0.39 is 0 Å². The van der Waals surface area contributed by atoms with Gasteiger partial charge in [0.15, 0.2) is 0 Å². The topological polar surface area (TPSA) is 19.1 Å². The Balaban J connectivity index is 1.35. The first-order valence-corrected chi connectivity index (χ1v) is 13.8. The summed E-state index contributed by atoms with van der Waals surface area (Å²) in [5.74, 6) is 1.88. The molecule has 0 aliphatic carbocycles. The van der Waals surface area contributed by atoms with E-state index >= 15 is 0 Å². The molecule has 0 saturated heterocycles. The standard InChI is InChI=1S/C36H21BN2O/c1-2-10-22(11-3-1)38-29-15-7-5-13-24(29)26-20-28-34(21-32(26)38)40-33-19-18-25-23-12-4-8-16-30(23)39-31-17-9-6-14-27(31)37(28)35(33)36(25)39/h1-21H. The van der Waals surface area contributed by atoms with Gasteiger partial charge in [-0.1, -0.05) is 78.9 Å². The van der Waals surface area contributed by atoms with Gasteiger partial charge >= 0.3 is 0 Å². The first-order chi connectivity index (χ1) is 19.9. The molecule has 0 spiro atoms. The maximum Gasteiger partial charge on any atom is 0.256 e. The molecule has 3 nitrogen and oxygen atoms in total. The first-order valence-electron chi connectivity index (χ1n) is 13.8. The predicted octanol–water partition coefficient (Wildman–Crippen LogP) is 6.82. The average molecular weight is 508 g/mol. The molecule has 4 heterocycles. The lowest BCUT2D eigenvalue weighted by atomic mass is 9.34. The molecule has 2 aliphatic rings. The minimum atomic E-state index is 0.0960. The van der Waals surface area contributed by atoms with Gasteiger partial charge in [0.05, 0.1) is 22.1 Å². The van der Waals surface area contributed by atoms with Crippen LogP contribution in [0.25, 0.3) is 55.0 Å². The molecule has 0 amide bonds. The minimum absolute atomic E-state index is 0.0960. The summed E-state index contributed by atoms with van der Waals surface area (Å²) < 4.78 is 11.6. The molecule has 0 saturated carbocycles. The highest BCUT2D eigenvalue weighted by Gasteiger charge is 2.40. The molecule has 2 aromatic heterocycles. The Hall–Kier alpha value is -5.22. The van der Waals surface area contributed by atoms with Crippen LogP contribution in [0, 0.1) is 0 Å². The fraction of sp³-hybridized carbons (Fsp3) is 0. The lowest BCUT2D eigenvalue weighted by Gasteiger charge is -2.33. The van der Waals surface area contributed by atoms with Gasteiger partial charge in [0.25, 0.3) is 6.71 Å². The Kier molecular flexibility index (Phi) is 3.75. The van der Waals surface area contributed by atoms with Gasteiger partial charge in [-0.3, -0.25) is 0 Å². The molecule has 0 N–H and O–H groups in total. The van der Waals surface area contributed by atoms with E-state index in [1.165, 1.54) is 60.2 Å². The van der Waals surface area contributed by atoms with Gasteiger partial charge in [-0.15, -0.1) is 0 Å². The van der Waals surface area contributed by atoms with E-state index in [0.717, 1.165) is 22.7 Å². The van der Waals surface area contributed by atoms with Crippen molar-refractivity contribution in [3.8, 4) is 22.9 Å². The molecule has 0 atom stereocenters. The largest absolute Gasteiger partial charge is 0.458 e. The highest BCUT2D eigenvalue weighted by atomic mass is 16.5. The van der Waals surface area contributed by atoms with E-state index in [1.54, 1.807) is 0 Å². The van der Waals surface area contributed by atoms with Crippen LogP contribution in [0.5, 0.6) is 11.5 Å². The zero-order valence-corrected chi connectivity index (χ0v) is 21.5. The lowest BCUT2D eigenvalue weighted by molar-refractivity contribution is 0.488. The number of benzene rings is 6. The molecule has 10 rings (SSSR count). The maximum atomic E-state index is 6.82. The summed E-state index contributed by atoms with van der Waals surface area (Å²) in [7, 11) is 0. The van der Waals surface area contributed by atoms with Crippen LogP contribution in [0.1, 0.15) is 0 Å². The molecular weight excluding hydrogens is 487 g/mol. The van der Waals surface area contributed by atoms with Crippen LogP contribution < -0.4 is 21.1 Å². The SMILES string of the molecule is c1ccc(-n2c3ccccc3c3cc4c(cc32)Oc2ccc3c5ccccc5n5c3c2B4c2ccccc2-5)cc1. The van der Waals surface area contributed by atoms with Crippen LogP contribution in [0.4, 0.5) is 0 Å². The number of ether oxygens (including phenoxy) is 1. The molecule has 2 aliphatic heterocycles. The Morgan fingerprint density at radius 2 is 1.18 bits per heavy atom. The van der Waals surface area contributed by atoms with Crippen molar-refractivity contribution in [3.63, 3.8) is 0 Å². The van der Waals surface area contributed by atoms with E-state index in [-0.39, 0.29) is 6.71 Å². The third-order valence-corrected chi connectivity index (χ3v) is 8.96. The molecule has 6 aromatic carbocycles. The Labute approximate surface area is 230 Å². The smallest absolute Gasteiger partial charge is 0.256 e. The van der Waals surface area contributed by atoms with E-state index in [1.807, 2.05) is 0 Å². The number of para-hydroxylation sites is 4. The Bertz CT molecular complexity index is 2360. The van der Waals surface area contributed by atoms with Crippen molar-refractivity contribution < 1.29 is 4.74 Å². The van der Waals surface area contributed by atoms with Crippen molar-refractivity contribution in [3.05, 3.63) is 127 Å². The lowest BCUT2D eigenvalue weighted by Crippen LogP contribution is -2.58. The minimum Gasteiger partial charge on any atom is -0.458 e. The third kappa shape index (κ3) is 2.43. The number of nitrogens with zero attached hydrogens (tertiary/aromatic N) is 2. The van der Waals surface area contributed by atoms with Gasteiger partial charge in [-0.25, -0.2) is 0 Å². The van der Waals surface area contributed by atoms with Crippen molar-refractivity contribution in [2.75, 3.05) is 0 Å². The number of hydrogen-bond donors (Lipinski definition) is 0. The molecule has 0 fully saturated rings. The summed E-state index contributed by atoms with van der Waals surface area (Å²) in [5, 5.41) is 5.07. The monoisotopic (exact) mass is 508 g/mol. The van der Waals surface area contributed by atoms with Crippen molar-refractivity contribution >= 4 is 66.7 Å². The van der Waals surface area contributed by atoms with E-state index in [9.17, 15) is 0 Å². The average Bonchev–Trinajstić information content (AvgIpc) is 3.52. The molecule has 40 heavy (non-hydrogen) atoms. The third-order valence-electron chi connectivity index (χ3n) is 8.96. The van der Waals surface area contributed by atoms with Crippen LogP contribution >= 0.6 is 0 Å². The molecular formula is C36H21BN2O. The Morgan fingerprint density at radius 3 is 2.02 bits per heavy atom. The molecule has 0 radical (unpaired) electrons. The summed E-state index contributed by atoms with van der Waals surface area (Å²) in [6.07, 6.45) is 0. The molecule has 184 valence electrons. The summed E-state index contributed by atoms with van der Waals surface area (Å²) in [4.78, 5) is 0. The van der Waals surface area contributed by atoms with E-state index in [0.29, 0.717) is 0 Å². The van der Waals surface area contributed by atoms with Gasteiger partial charge in [-0.2, -0.15) is 0 Å². The van der Waals surface area contributed by atoms with Crippen molar-refractivity contribution in [2.45, 2.75) is 0 Å². The molecule has 4 heteroatoms. The summed E-state index contributed by atoms with van der Waals surface area (Å²) >= 11 is 0.